The van der Waals surface area contributed by atoms with Crippen LogP contribution in [0, 0.1) is 5.92 Å². The smallest absolute Gasteiger partial charge is 0.319 e. The highest BCUT2D eigenvalue weighted by Crippen LogP contribution is 2.50. The number of likely N-dealkylation sites (N-methyl/N-ethyl adjacent to an activating group) is 1. The highest BCUT2D eigenvalue weighted by atomic mass is 35.5. The molecule has 19 atom stereocenters. The lowest BCUT2D eigenvalue weighted by atomic mass is 9.85. The van der Waals surface area contributed by atoms with Gasteiger partial charge in [-0.15, -0.1) is 0 Å². The zero-order valence-electron chi connectivity index (χ0n) is 69.0. The van der Waals surface area contributed by atoms with Crippen LogP contribution in [0.5, 0.6) is 51.7 Å². The lowest BCUT2D eigenvalue weighted by molar-refractivity contribution is -0.334. The Balaban J connectivity index is 0.968. The first-order valence-corrected chi connectivity index (χ1v) is 41.0. The van der Waals surface area contributed by atoms with E-state index in [9.17, 15) is 69.9 Å². The Hall–Kier alpha value is -11.7. The molecule has 3 saturated heterocycles. The summed E-state index contributed by atoms with van der Waals surface area (Å²) in [5, 5.41) is 132. The molecule has 8 aliphatic rings. The van der Waals surface area contributed by atoms with E-state index in [-0.39, 0.29) is 65.9 Å². The number of nitrogens with two attached hydrogens (primary N) is 1. The van der Waals surface area contributed by atoms with Gasteiger partial charge in [-0.2, -0.15) is 0 Å². The Morgan fingerprint density at radius 2 is 1.37 bits per heavy atom. The van der Waals surface area contributed by atoms with Crippen LogP contribution >= 0.6 is 23.2 Å². The molecule has 0 aliphatic carbocycles. The second-order valence-corrected chi connectivity index (χ2v) is 32.3. The quantitative estimate of drug-likeness (QED) is 0.0317. The van der Waals surface area contributed by atoms with Gasteiger partial charge < -0.3 is 143 Å². The lowest BCUT2D eigenvalue weighted by Crippen LogP contribution is -2.66. The maximum absolute atomic E-state index is 16.3. The number of fused-ring (bicyclic) bond motifs is 15. The average molecular weight is 1790 g/mol. The van der Waals surface area contributed by atoms with E-state index in [1.807, 2.05) is 20.8 Å². The second-order valence-electron chi connectivity index (χ2n) is 31.5. The minimum Gasteiger partial charge on any atom is -0.508 e. The number of aliphatic hydroxyl groups excluding tert-OH is 6. The van der Waals surface area contributed by atoms with Crippen LogP contribution in [0.1, 0.15) is 124 Å². The number of hydroxylamine groups is 1. The zero-order valence-corrected chi connectivity index (χ0v) is 70.5. The van der Waals surface area contributed by atoms with Gasteiger partial charge in [0.25, 0.3) is 5.91 Å². The molecule has 3 fully saturated rings. The van der Waals surface area contributed by atoms with Crippen molar-refractivity contribution in [3.63, 3.8) is 0 Å². The summed E-state index contributed by atoms with van der Waals surface area (Å²) in [5.41, 5.74) is 4.61. The lowest BCUT2D eigenvalue weighted by Gasteiger charge is -2.48. The Morgan fingerprint density at radius 1 is 0.722 bits per heavy atom. The monoisotopic (exact) mass is 1790 g/mol. The number of aromatic hydroxyl groups is 3. The van der Waals surface area contributed by atoms with Gasteiger partial charge in [0, 0.05) is 61.3 Å². The van der Waals surface area contributed by atoms with E-state index >= 15 is 24.0 Å². The number of aliphatic hydroxyl groups is 6. The number of benzene rings is 6. The number of hydrogen-bond donors (Lipinski definition) is 21. The maximum atomic E-state index is 16.3. The Kier molecular flexibility index (Phi) is 29.9. The SMILES string of the molecule is CCOc1ccc(/C=C/C(=O)NC2CCN(CCN[C@]3(C)CC(OC4C(Oc5c6cc7cc5Oc5ccc(cc5Cl)C(O)C5NC(=O)C(NC(=O)C7NC(=O)C(CC(N)=O)NC(=O)C(NC(=O)C(CC(C)C)NC)C(O)c7ccc(c(Cl)c7)O6)c6ccc(O)c(c6)-c6c(O)cc(O)cc6[C@H](C(=O)NOC)NC5=O)OC(CO)C(O)C4O)OC(C)C3O)C(=O)N2)cc1. The van der Waals surface area contributed by atoms with Gasteiger partial charge in [-0.3, -0.25) is 48.0 Å². The first kappa shape index (κ1) is 93.4. The molecule has 6 aromatic carbocycles. The van der Waals surface area contributed by atoms with Gasteiger partial charge >= 0.3 is 6.03 Å². The fourth-order valence-corrected chi connectivity index (χ4v) is 16.0. The molecule has 0 aromatic heterocycles. The summed E-state index contributed by atoms with van der Waals surface area (Å²) in [6.07, 6.45) is -16.7. The summed E-state index contributed by atoms with van der Waals surface area (Å²) in [5.74, 6) is -15.2. The number of amides is 11. The second kappa shape index (κ2) is 40.3. The molecule has 11 amide bonds. The summed E-state index contributed by atoms with van der Waals surface area (Å²) < 4.78 is 45.0. The Morgan fingerprint density at radius 3 is 2.00 bits per heavy atom. The molecule has 0 spiro atoms. The molecule has 0 radical (unpaired) electrons. The van der Waals surface area contributed by atoms with E-state index in [4.69, 9.17) is 66.9 Å². The molecular weight excluding hydrogens is 1690 g/mol. The van der Waals surface area contributed by atoms with E-state index in [0.29, 0.717) is 18.8 Å². The molecule has 8 heterocycles. The molecule has 40 nitrogen and oxygen atoms in total. The molecule has 14 rings (SSSR count). The van der Waals surface area contributed by atoms with E-state index in [1.165, 1.54) is 37.1 Å². The molecular formula is C84H99Cl2N13O27. The highest BCUT2D eigenvalue weighted by molar-refractivity contribution is 6.32. The van der Waals surface area contributed by atoms with Gasteiger partial charge in [-0.05, 0) is 146 Å². The van der Waals surface area contributed by atoms with Gasteiger partial charge in [0.1, 0.15) is 107 Å². The van der Waals surface area contributed by atoms with Crippen LogP contribution in [0.4, 0.5) is 4.79 Å². The number of nitrogens with zero attached hydrogens (tertiary/aromatic N) is 1. The number of carbonyl (C=O) groups excluding carboxylic acids is 10. The first-order valence-electron chi connectivity index (χ1n) is 40.3. The van der Waals surface area contributed by atoms with Crippen molar-refractivity contribution >= 4 is 88.5 Å². The van der Waals surface area contributed by atoms with E-state index in [2.05, 4.69) is 58.6 Å². The molecule has 22 N–H and O–H groups in total. The normalized spacial score (nSPS) is 27.2. The fourth-order valence-electron chi connectivity index (χ4n) is 15.5. The van der Waals surface area contributed by atoms with Crippen molar-refractivity contribution in [2.45, 2.75) is 176 Å². The van der Waals surface area contributed by atoms with Crippen LogP contribution in [0.15, 0.2) is 109 Å². The predicted octanol–water partition coefficient (Wildman–Crippen LogP) is 1.30. The molecule has 0 saturated carbocycles. The van der Waals surface area contributed by atoms with Gasteiger partial charge in [-0.1, -0.05) is 67.4 Å². The van der Waals surface area contributed by atoms with Crippen LogP contribution in [-0.4, -0.2) is 242 Å². The predicted molar refractivity (Wildman–Crippen MR) is 444 cm³/mol. The van der Waals surface area contributed by atoms with Crippen molar-refractivity contribution in [2.75, 3.05) is 47.0 Å². The van der Waals surface area contributed by atoms with Gasteiger partial charge in [0.05, 0.1) is 55.0 Å². The fraction of sp³-hybridized carbons (Fsp3) is 0.429. The van der Waals surface area contributed by atoms with Crippen LogP contribution in [-0.2, 0) is 62.2 Å². The molecule has 17 unspecified atom stereocenters. The highest BCUT2D eigenvalue weighted by Gasteiger charge is 2.53. The number of carbonyl (C=O) groups is 10. The number of phenolic OH excluding ortho intramolecular Hbond substituents is 3. The number of nitrogens with one attached hydrogen (secondary N) is 11. The number of hydrogen-bond acceptors (Lipinski definition) is 29. The standard InChI is InChI=1S/C84H99Cl2N13O27/c1-8-120-44-15-9-38(10-16-44)11-20-60(105)91-59-21-23-99(83(118)92-59)24-22-89-84(5)34-61(121-37(4)74(84)110)125-73-71(109)70(108)57(35-100)124-82(73)126-72-55-29-42-30-56(72)123-54-19-14-41(28-48(54)86)69(107)67-80(116)95-65(81(117)98-119-7)46-31-43(101)32-52(103)62(46)45-26-39(12-17-51(45)102)63(77(113)97-67)94-78(114)64(42)93-76(112)50(33-58(87)104)90-79(115)66(96-75(111)49(88-6)25-36(2)3)68(106)40-13-18-53(122-55)47(85)27-40/h9-20,26-32,36-37,49-50,57,59,61,63-71,73-74,82,88-89,100-103,106-110H,8,21-25,33-35H2,1-7H3,(H2,87,104)(H,90,115)(H,91,105)(H,92,118)(H,93,112)(H,94,114)(H,95,116)(H,96,111)(H,97,113)(H,98,117)/b20-11+/t37?,49?,50?,57?,59?,61?,63?,64?,65-,66?,67?,68?,69?,70?,71?,73?,74?,82?,84-/m1/s1. The van der Waals surface area contributed by atoms with Gasteiger partial charge in [-0.25, -0.2) is 10.3 Å². The van der Waals surface area contributed by atoms with Crippen LogP contribution in [0.3, 0.4) is 0 Å². The van der Waals surface area contributed by atoms with Crippen LogP contribution in [0.25, 0.3) is 17.2 Å². The number of halogens is 2. The van der Waals surface area contributed by atoms with Gasteiger partial charge in [0.2, 0.25) is 59.3 Å². The summed E-state index contributed by atoms with van der Waals surface area (Å²) >= 11 is 14.4. The topological polar surface area (TPSA) is 588 Å². The van der Waals surface area contributed by atoms with Crippen molar-refractivity contribution in [1.29, 1.82) is 0 Å². The molecule has 11 bridgehead atoms. The average Bonchev–Trinajstić information content (AvgIpc) is 0.765. The Labute approximate surface area is 730 Å². The number of primary amides is 1. The summed E-state index contributed by atoms with van der Waals surface area (Å²) in [6.45, 7) is 8.45. The molecule has 8 aliphatic heterocycles. The molecule has 42 heteroatoms. The van der Waals surface area contributed by atoms with Crippen molar-refractivity contribution in [3.8, 4) is 62.9 Å². The largest absolute Gasteiger partial charge is 0.508 e. The van der Waals surface area contributed by atoms with E-state index < -0.39 is 255 Å². The van der Waals surface area contributed by atoms with Crippen molar-refractivity contribution in [3.05, 3.63) is 153 Å². The first-order chi connectivity index (χ1) is 60.0. The third-order valence-corrected chi connectivity index (χ3v) is 22.7. The van der Waals surface area contributed by atoms with Crippen molar-refractivity contribution < 1.29 is 132 Å². The third kappa shape index (κ3) is 21.3. The number of phenols is 3. The molecule has 6 aromatic rings. The van der Waals surface area contributed by atoms with E-state index in [0.717, 1.165) is 79.4 Å². The summed E-state index contributed by atoms with van der Waals surface area (Å²) in [7, 11) is 2.51. The zero-order chi connectivity index (χ0) is 91.0. The molecule has 676 valence electrons. The van der Waals surface area contributed by atoms with Gasteiger partial charge in [0.15, 0.2) is 23.9 Å². The summed E-state index contributed by atoms with van der Waals surface area (Å²) in [4.78, 5) is 152. The van der Waals surface area contributed by atoms with Crippen molar-refractivity contribution in [1.82, 2.24) is 63.5 Å². The maximum Gasteiger partial charge on any atom is 0.319 e. The third-order valence-electron chi connectivity index (χ3n) is 22.1. The van der Waals surface area contributed by atoms with Crippen LogP contribution < -0.4 is 83.3 Å². The number of ether oxygens (including phenoxy) is 7. The Bertz CT molecular complexity index is 5130. The molecule has 126 heavy (non-hydrogen) atoms. The minimum atomic E-state index is -2.38. The van der Waals surface area contributed by atoms with Crippen molar-refractivity contribution in [2.24, 2.45) is 11.7 Å². The number of rotatable bonds is 23. The van der Waals surface area contributed by atoms with E-state index in [1.54, 1.807) is 37.3 Å². The van der Waals surface area contributed by atoms with Crippen LogP contribution in [0.2, 0.25) is 10.0 Å². The number of urea groups is 1. The minimum absolute atomic E-state index is 0.0483. The summed E-state index contributed by atoms with van der Waals surface area (Å²) in [6, 6.07) is 6.29.